The fourth-order valence-corrected chi connectivity index (χ4v) is 3.12. The second kappa shape index (κ2) is 8.65. The molecule has 1 aliphatic rings. The van der Waals surface area contributed by atoms with E-state index >= 15 is 0 Å². The molecule has 1 aromatic carbocycles. The average Bonchev–Trinajstić information content (AvgIpc) is 2.69. The van der Waals surface area contributed by atoms with Gasteiger partial charge in [-0.1, -0.05) is 19.1 Å². The Hall–Kier alpha value is -2.63. The number of amides is 1. The molecule has 1 aliphatic heterocycles. The van der Waals surface area contributed by atoms with Crippen LogP contribution in [0.4, 0.5) is 5.82 Å². The summed E-state index contributed by atoms with van der Waals surface area (Å²) in [5, 5.41) is 2.93. The van der Waals surface area contributed by atoms with Crippen molar-refractivity contribution in [3.8, 4) is 5.75 Å². The summed E-state index contributed by atoms with van der Waals surface area (Å²) >= 11 is 0. The lowest BCUT2D eigenvalue weighted by atomic mass is 9.99. The highest BCUT2D eigenvalue weighted by Crippen LogP contribution is 2.21. The summed E-state index contributed by atoms with van der Waals surface area (Å²) < 4.78 is 5.22. The van der Waals surface area contributed by atoms with Gasteiger partial charge in [-0.05, 0) is 42.9 Å². The lowest BCUT2D eigenvalue weighted by Gasteiger charge is -2.31. The zero-order chi connectivity index (χ0) is 18.4. The molecule has 0 unspecified atom stereocenters. The van der Waals surface area contributed by atoms with Gasteiger partial charge in [0.25, 0.3) is 5.91 Å². The number of carbonyl (C=O) groups excluding carboxylic acids is 1. The number of hydrogen-bond donors (Lipinski definition) is 1. The SMILES string of the molecule is COc1cccc(CCNC(=O)c2cc(N3CCC(C)CC3)ncn2)c1. The molecule has 26 heavy (non-hydrogen) atoms. The van der Waals surface area contributed by atoms with Gasteiger partial charge < -0.3 is 15.0 Å². The van der Waals surface area contributed by atoms with Gasteiger partial charge in [0.15, 0.2) is 0 Å². The van der Waals surface area contributed by atoms with E-state index in [9.17, 15) is 4.79 Å². The molecule has 0 spiro atoms. The summed E-state index contributed by atoms with van der Waals surface area (Å²) in [5.74, 6) is 2.25. The molecule has 1 N–H and O–H groups in total. The molecule has 0 saturated carbocycles. The molecule has 6 nitrogen and oxygen atoms in total. The van der Waals surface area contributed by atoms with E-state index in [4.69, 9.17) is 4.74 Å². The average molecular weight is 354 g/mol. The minimum Gasteiger partial charge on any atom is -0.497 e. The van der Waals surface area contributed by atoms with Crippen LogP contribution in [0.2, 0.25) is 0 Å². The molecule has 0 aliphatic carbocycles. The maximum atomic E-state index is 12.4. The normalized spacial score (nSPS) is 14.9. The van der Waals surface area contributed by atoms with Gasteiger partial charge in [-0.3, -0.25) is 4.79 Å². The van der Waals surface area contributed by atoms with Gasteiger partial charge in [0.05, 0.1) is 7.11 Å². The van der Waals surface area contributed by atoms with Crippen LogP contribution >= 0.6 is 0 Å². The Balaban J connectivity index is 1.55. The van der Waals surface area contributed by atoms with Crippen molar-refractivity contribution in [2.24, 2.45) is 5.92 Å². The molecule has 0 bridgehead atoms. The third kappa shape index (κ3) is 4.71. The van der Waals surface area contributed by atoms with Crippen LogP contribution in [-0.4, -0.2) is 42.6 Å². The van der Waals surface area contributed by atoms with E-state index in [1.807, 2.05) is 24.3 Å². The predicted molar refractivity (Wildman–Crippen MR) is 102 cm³/mol. The number of hydrogen-bond acceptors (Lipinski definition) is 5. The zero-order valence-electron chi connectivity index (χ0n) is 15.4. The van der Waals surface area contributed by atoms with E-state index < -0.39 is 0 Å². The molecule has 1 amide bonds. The molecule has 1 saturated heterocycles. The van der Waals surface area contributed by atoms with Gasteiger partial charge in [-0.25, -0.2) is 9.97 Å². The Bertz CT molecular complexity index is 742. The number of ether oxygens (including phenoxy) is 1. The molecule has 1 fully saturated rings. The summed E-state index contributed by atoms with van der Waals surface area (Å²) in [7, 11) is 1.65. The summed E-state index contributed by atoms with van der Waals surface area (Å²) in [6.45, 7) is 4.79. The van der Waals surface area contributed by atoms with Crippen molar-refractivity contribution in [2.45, 2.75) is 26.2 Å². The van der Waals surface area contributed by atoms with Gasteiger partial charge >= 0.3 is 0 Å². The van der Waals surface area contributed by atoms with Gasteiger partial charge in [-0.15, -0.1) is 0 Å². The fraction of sp³-hybridized carbons (Fsp3) is 0.450. The molecule has 138 valence electrons. The lowest BCUT2D eigenvalue weighted by Crippen LogP contribution is -2.34. The number of piperidine rings is 1. The largest absolute Gasteiger partial charge is 0.497 e. The Morgan fingerprint density at radius 2 is 2.08 bits per heavy atom. The van der Waals surface area contributed by atoms with Crippen LogP contribution in [0.1, 0.15) is 35.8 Å². The first kappa shape index (κ1) is 18.2. The fourth-order valence-electron chi connectivity index (χ4n) is 3.12. The van der Waals surface area contributed by atoms with E-state index in [2.05, 4.69) is 27.1 Å². The van der Waals surface area contributed by atoms with Gasteiger partial charge in [0.1, 0.15) is 23.6 Å². The molecule has 2 heterocycles. The maximum absolute atomic E-state index is 12.4. The number of carbonyl (C=O) groups is 1. The Morgan fingerprint density at radius 3 is 2.85 bits per heavy atom. The van der Waals surface area contributed by atoms with Gasteiger partial charge in [0, 0.05) is 25.7 Å². The summed E-state index contributed by atoms with van der Waals surface area (Å²) in [6, 6.07) is 9.65. The van der Waals surface area contributed by atoms with Crippen LogP contribution in [0, 0.1) is 5.92 Å². The molecule has 6 heteroatoms. The number of nitrogens with zero attached hydrogens (tertiary/aromatic N) is 3. The van der Waals surface area contributed by atoms with Crippen LogP contribution in [0.5, 0.6) is 5.75 Å². The highest BCUT2D eigenvalue weighted by atomic mass is 16.5. The standard InChI is InChI=1S/C20H26N4O2/c1-15-7-10-24(11-8-15)19-13-18(22-14-23-19)20(25)21-9-6-16-4-3-5-17(12-16)26-2/h3-5,12-15H,6-11H2,1-2H3,(H,21,25). The van der Waals surface area contributed by atoms with Crippen molar-refractivity contribution in [3.63, 3.8) is 0 Å². The predicted octanol–water partition coefficient (Wildman–Crippen LogP) is 2.69. The van der Waals surface area contributed by atoms with Crippen LogP contribution in [0.15, 0.2) is 36.7 Å². The molecule has 1 aromatic heterocycles. The minimum absolute atomic E-state index is 0.165. The third-order valence-electron chi connectivity index (χ3n) is 4.83. The minimum atomic E-state index is -0.165. The monoisotopic (exact) mass is 354 g/mol. The first-order valence-electron chi connectivity index (χ1n) is 9.14. The van der Waals surface area contributed by atoms with Crippen LogP contribution in [0.25, 0.3) is 0 Å². The molecular formula is C20H26N4O2. The lowest BCUT2D eigenvalue weighted by molar-refractivity contribution is 0.0949. The first-order valence-corrected chi connectivity index (χ1v) is 9.14. The number of aromatic nitrogens is 2. The van der Waals surface area contributed by atoms with Crippen molar-refractivity contribution < 1.29 is 9.53 Å². The molecule has 2 aromatic rings. The Kier molecular flexibility index (Phi) is 6.04. The zero-order valence-corrected chi connectivity index (χ0v) is 15.4. The number of methoxy groups -OCH3 is 1. The Morgan fingerprint density at radius 1 is 1.27 bits per heavy atom. The van der Waals surface area contributed by atoms with Crippen molar-refractivity contribution in [2.75, 3.05) is 31.6 Å². The Labute approximate surface area is 154 Å². The van der Waals surface area contributed by atoms with Gasteiger partial charge in [-0.2, -0.15) is 0 Å². The van der Waals surface area contributed by atoms with Crippen LogP contribution in [0.3, 0.4) is 0 Å². The van der Waals surface area contributed by atoms with Crippen LogP contribution < -0.4 is 15.0 Å². The number of anilines is 1. The van der Waals surface area contributed by atoms with E-state index in [0.29, 0.717) is 12.2 Å². The first-order chi connectivity index (χ1) is 12.7. The number of rotatable bonds is 6. The molecular weight excluding hydrogens is 328 g/mol. The number of benzene rings is 1. The van der Waals surface area contributed by atoms with Crippen LogP contribution in [-0.2, 0) is 6.42 Å². The highest BCUT2D eigenvalue weighted by molar-refractivity contribution is 5.92. The van der Waals surface area contributed by atoms with Crippen molar-refractivity contribution in [1.29, 1.82) is 0 Å². The van der Waals surface area contributed by atoms with E-state index in [1.165, 1.54) is 6.33 Å². The molecule has 3 rings (SSSR count). The van der Waals surface area contributed by atoms with Crippen molar-refractivity contribution in [1.82, 2.24) is 15.3 Å². The summed E-state index contributed by atoms with van der Waals surface area (Å²) in [6.07, 6.45) is 4.54. The molecule has 0 radical (unpaired) electrons. The van der Waals surface area contributed by atoms with E-state index in [-0.39, 0.29) is 5.91 Å². The second-order valence-corrected chi connectivity index (χ2v) is 6.79. The topological polar surface area (TPSA) is 67.3 Å². The van der Waals surface area contributed by atoms with E-state index in [1.54, 1.807) is 13.2 Å². The number of nitrogens with one attached hydrogen (secondary N) is 1. The summed E-state index contributed by atoms with van der Waals surface area (Å²) in [4.78, 5) is 23.1. The quantitative estimate of drug-likeness (QED) is 0.864. The summed E-state index contributed by atoms with van der Waals surface area (Å²) in [5.41, 5.74) is 1.54. The second-order valence-electron chi connectivity index (χ2n) is 6.79. The van der Waals surface area contributed by atoms with Gasteiger partial charge in [0.2, 0.25) is 0 Å². The van der Waals surface area contributed by atoms with Crippen molar-refractivity contribution >= 4 is 11.7 Å². The van der Waals surface area contributed by atoms with E-state index in [0.717, 1.165) is 55.4 Å². The smallest absolute Gasteiger partial charge is 0.270 e. The highest BCUT2D eigenvalue weighted by Gasteiger charge is 2.18. The maximum Gasteiger partial charge on any atom is 0.270 e. The third-order valence-corrected chi connectivity index (χ3v) is 4.83. The molecule has 0 atom stereocenters. The van der Waals surface area contributed by atoms with Crippen molar-refractivity contribution in [3.05, 3.63) is 47.9 Å².